The molecule has 0 bridgehead atoms. The van der Waals surface area contributed by atoms with Crippen LogP contribution in [0.4, 0.5) is 5.82 Å². The first-order valence-electron chi connectivity index (χ1n) is 7.31. The van der Waals surface area contributed by atoms with E-state index in [1.165, 1.54) is 6.92 Å². The summed E-state index contributed by atoms with van der Waals surface area (Å²) in [5.41, 5.74) is -2.27. The Kier molecular flexibility index (Phi) is 3.59. The van der Waals surface area contributed by atoms with E-state index in [1.54, 1.807) is 0 Å². The van der Waals surface area contributed by atoms with Gasteiger partial charge in [-0.25, -0.2) is 9.78 Å². The third kappa shape index (κ3) is 2.28. The highest BCUT2D eigenvalue weighted by molar-refractivity contribution is 6.30. The molecule has 1 fully saturated rings. The Morgan fingerprint density at radius 3 is 2.52 bits per heavy atom. The fourth-order valence-corrected chi connectivity index (χ4v) is 3.49. The normalized spacial score (nSPS) is 26.4. The van der Waals surface area contributed by atoms with Crippen LogP contribution in [0.25, 0.3) is 0 Å². The Hall–Kier alpha value is -2.09. The molecule has 0 unspecified atom stereocenters. The summed E-state index contributed by atoms with van der Waals surface area (Å²) in [4.78, 5) is 39.8. The van der Waals surface area contributed by atoms with Crippen LogP contribution in [0.3, 0.4) is 0 Å². The van der Waals surface area contributed by atoms with Gasteiger partial charge in [0.1, 0.15) is 11.5 Å². The van der Waals surface area contributed by atoms with E-state index in [1.807, 2.05) is 0 Å². The van der Waals surface area contributed by atoms with Gasteiger partial charge in [0.05, 0.1) is 5.69 Å². The lowest BCUT2D eigenvalue weighted by molar-refractivity contribution is -0.144. The molecule has 1 aromatic rings. The number of rotatable bonds is 4. The highest BCUT2D eigenvalue weighted by Crippen LogP contribution is 2.43. The van der Waals surface area contributed by atoms with Crippen molar-refractivity contribution in [3.63, 3.8) is 0 Å². The van der Waals surface area contributed by atoms with Gasteiger partial charge in [0, 0.05) is 12.5 Å². The smallest absolute Gasteiger partial charge is 0.326 e. The lowest BCUT2D eigenvalue weighted by atomic mass is 9.84. The van der Waals surface area contributed by atoms with Crippen LogP contribution in [0, 0.1) is 0 Å². The van der Waals surface area contributed by atoms with Gasteiger partial charge in [-0.2, -0.15) is 0 Å². The Labute approximate surface area is 136 Å². The number of aliphatic carboxylic acids is 2. The molecule has 23 heavy (non-hydrogen) atoms. The third-order valence-electron chi connectivity index (χ3n) is 4.71. The van der Waals surface area contributed by atoms with Crippen LogP contribution >= 0.6 is 11.6 Å². The fourth-order valence-electron chi connectivity index (χ4n) is 3.11. The number of anilines is 1. The molecule has 3 rings (SSSR count). The van der Waals surface area contributed by atoms with Crippen molar-refractivity contribution in [1.29, 1.82) is 0 Å². The summed E-state index contributed by atoms with van der Waals surface area (Å²) in [5, 5.41) is 21.7. The molecule has 0 radical (unpaired) electrons. The summed E-state index contributed by atoms with van der Waals surface area (Å²) in [6.45, 7) is 1.36. The Morgan fingerprint density at radius 1 is 1.39 bits per heavy atom. The molecule has 1 saturated carbocycles. The first-order chi connectivity index (χ1) is 10.8. The highest BCUT2D eigenvalue weighted by atomic mass is 35.5. The summed E-state index contributed by atoms with van der Waals surface area (Å²) in [7, 11) is 0. The Bertz CT molecular complexity index is 758. The van der Waals surface area contributed by atoms with Crippen molar-refractivity contribution < 1.29 is 19.8 Å². The Balaban J connectivity index is 2.18. The molecule has 0 aromatic carbocycles. The van der Waals surface area contributed by atoms with Gasteiger partial charge >= 0.3 is 11.9 Å². The van der Waals surface area contributed by atoms with Gasteiger partial charge in [-0.15, -0.1) is 0 Å². The molecule has 1 aromatic heterocycles. The van der Waals surface area contributed by atoms with Crippen LogP contribution < -0.4 is 10.9 Å². The summed E-state index contributed by atoms with van der Waals surface area (Å²) in [6.07, 6.45) is 2.60. The largest absolute Gasteiger partial charge is 0.481 e. The maximum Gasteiger partial charge on any atom is 0.326 e. The first-order valence-corrected chi connectivity index (χ1v) is 7.68. The lowest BCUT2D eigenvalue weighted by Gasteiger charge is -2.27. The maximum atomic E-state index is 12.6. The van der Waals surface area contributed by atoms with E-state index >= 15 is 0 Å². The monoisotopic (exact) mass is 341 g/mol. The topological polar surface area (TPSA) is 122 Å². The van der Waals surface area contributed by atoms with Crippen molar-refractivity contribution in [3.05, 3.63) is 21.2 Å². The third-order valence-corrected chi connectivity index (χ3v) is 4.97. The molecule has 3 N–H and O–H groups in total. The lowest BCUT2D eigenvalue weighted by Crippen LogP contribution is -2.36. The standard InChI is InChI=1S/C14H16ClN3O5/c1-14(13(22)23)5-7(12(20)21)18-8(14)9(15)17-10(11(18)19)16-6-3-2-4-6/h6-7H,2-5H2,1H3,(H,16,17)(H,20,21)(H,22,23)/t7-,14+/m0/s1. The number of aromatic nitrogens is 2. The van der Waals surface area contributed by atoms with Crippen molar-refractivity contribution in [2.75, 3.05) is 5.32 Å². The molecular formula is C14H16ClN3O5. The van der Waals surface area contributed by atoms with Crippen molar-refractivity contribution in [3.8, 4) is 0 Å². The van der Waals surface area contributed by atoms with Crippen LogP contribution in [0.5, 0.6) is 0 Å². The molecule has 9 heteroatoms. The predicted molar refractivity (Wildman–Crippen MR) is 81.0 cm³/mol. The molecule has 2 heterocycles. The van der Waals surface area contributed by atoms with Gasteiger partial charge in [0.15, 0.2) is 11.0 Å². The second-order valence-corrected chi connectivity index (χ2v) is 6.60. The average molecular weight is 342 g/mol. The molecule has 1 aliphatic carbocycles. The SMILES string of the molecule is C[C@@]1(C(=O)O)C[C@@H](C(=O)O)n2c1c(Cl)nc(NC1CCC1)c2=O. The van der Waals surface area contributed by atoms with Gasteiger partial charge in [0.2, 0.25) is 0 Å². The van der Waals surface area contributed by atoms with Crippen molar-refractivity contribution >= 4 is 29.4 Å². The van der Waals surface area contributed by atoms with Gasteiger partial charge in [-0.05, 0) is 26.2 Å². The van der Waals surface area contributed by atoms with Crippen molar-refractivity contribution in [2.45, 2.75) is 50.1 Å². The van der Waals surface area contributed by atoms with E-state index in [4.69, 9.17) is 11.6 Å². The van der Waals surface area contributed by atoms with Crippen molar-refractivity contribution in [2.24, 2.45) is 0 Å². The second-order valence-electron chi connectivity index (χ2n) is 6.24. The number of fused-ring (bicyclic) bond motifs is 1. The minimum Gasteiger partial charge on any atom is -0.481 e. The van der Waals surface area contributed by atoms with Gasteiger partial charge < -0.3 is 15.5 Å². The number of carbonyl (C=O) groups is 2. The van der Waals surface area contributed by atoms with Crippen LogP contribution in [-0.2, 0) is 15.0 Å². The zero-order valence-corrected chi connectivity index (χ0v) is 13.1. The molecule has 2 aliphatic rings. The number of carboxylic acids is 2. The van der Waals surface area contributed by atoms with Gasteiger partial charge in [0.25, 0.3) is 5.56 Å². The van der Waals surface area contributed by atoms with E-state index in [0.29, 0.717) is 0 Å². The molecule has 0 saturated heterocycles. The molecule has 0 spiro atoms. The molecule has 1 aliphatic heterocycles. The van der Waals surface area contributed by atoms with E-state index in [-0.39, 0.29) is 29.1 Å². The first kappa shape index (κ1) is 15.8. The van der Waals surface area contributed by atoms with Crippen LogP contribution in [0.2, 0.25) is 5.15 Å². The zero-order valence-electron chi connectivity index (χ0n) is 12.4. The van der Waals surface area contributed by atoms with E-state index in [2.05, 4.69) is 10.3 Å². The quantitative estimate of drug-likeness (QED) is 0.753. The average Bonchev–Trinajstić information content (AvgIpc) is 2.75. The molecule has 8 nitrogen and oxygen atoms in total. The molecule has 0 amide bonds. The maximum absolute atomic E-state index is 12.6. The fraction of sp³-hybridized carbons (Fsp3) is 0.571. The van der Waals surface area contributed by atoms with Crippen LogP contribution in [0.15, 0.2) is 4.79 Å². The van der Waals surface area contributed by atoms with Crippen LogP contribution in [-0.4, -0.2) is 37.7 Å². The minimum atomic E-state index is -1.57. The molecular weight excluding hydrogens is 326 g/mol. The number of nitrogens with one attached hydrogen (secondary N) is 1. The summed E-state index contributed by atoms with van der Waals surface area (Å²) >= 11 is 6.12. The summed E-state index contributed by atoms with van der Waals surface area (Å²) < 4.78 is 0.965. The Morgan fingerprint density at radius 2 is 2.04 bits per heavy atom. The van der Waals surface area contributed by atoms with E-state index in [9.17, 15) is 24.6 Å². The number of halogens is 1. The minimum absolute atomic E-state index is 0.0238. The molecule has 2 atom stereocenters. The predicted octanol–water partition coefficient (Wildman–Crippen LogP) is 1.23. The van der Waals surface area contributed by atoms with Crippen molar-refractivity contribution in [1.82, 2.24) is 9.55 Å². The highest BCUT2D eigenvalue weighted by Gasteiger charge is 2.51. The van der Waals surface area contributed by atoms with Gasteiger partial charge in [-0.3, -0.25) is 14.2 Å². The number of hydrogen-bond donors (Lipinski definition) is 3. The van der Waals surface area contributed by atoms with Crippen LogP contribution in [0.1, 0.15) is 44.3 Å². The van der Waals surface area contributed by atoms with E-state index in [0.717, 1.165) is 23.8 Å². The molecule has 124 valence electrons. The zero-order chi connectivity index (χ0) is 16.9. The number of nitrogens with zero attached hydrogens (tertiary/aromatic N) is 2. The second kappa shape index (κ2) is 5.23. The summed E-state index contributed by atoms with van der Waals surface area (Å²) in [6, 6.07) is -1.17. The summed E-state index contributed by atoms with van der Waals surface area (Å²) in [5.74, 6) is -2.53. The van der Waals surface area contributed by atoms with Gasteiger partial charge in [-0.1, -0.05) is 11.6 Å². The number of carboxylic acid groups (broad SMARTS) is 2. The van der Waals surface area contributed by atoms with E-state index < -0.39 is 29.0 Å². The number of hydrogen-bond acceptors (Lipinski definition) is 5.